The van der Waals surface area contributed by atoms with Gasteiger partial charge in [0.15, 0.2) is 0 Å². The van der Waals surface area contributed by atoms with Gasteiger partial charge in [-0.15, -0.1) is 0 Å². The van der Waals surface area contributed by atoms with Crippen molar-refractivity contribution >= 4 is 0 Å². The molecule has 0 spiro atoms. The van der Waals surface area contributed by atoms with Crippen LogP contribution in [0.2, 0.25) is 0 Å². The van der Waals surface area contributed by atoms with Crippen molar-refractivity contribution in [3.63, 3.8) is 0 Å². The maximum Gasteiger partial charge on any atom is 0.103 e. The van der Waals surface area contributed by atoms with Gasteiger partial charge in [0.05, 0.1) is 6.07 Å². The molecule has 110 valence electrons. The van der Waals surface area contributed by atoms with E-state index in [1.807, 2.05) is 14.0 Å². The average molecular weight is 266 g/mol. The lowest BCUT2D eigenvalue weighted by Crippen LogP contribution is -2.38. The summed E-state index contributed by atoms with van der Waals surface area (Å²) < 4.78 is 0. The van der Waals surface area contributed by atoms with Crippen molar-refractivity contribution in [1.82, 2.24) is 15.1 Å². The minimum absolute atomic E-state index is 0.354. The van der Waals surface area contributed by atoms with Crippen LogP contribution in [0, 0.1) is 17.2 Å². The molecular formula is C15H30N4. The molecule has 1 aliphatic rings. The van der Waals surface area contributed by atoms with Gasteiger partial charge < -0.3 is 15.1 Å². The Morgan fingerprint density at radius 3 is 2.74 bits per heavy atom. The summed E-state index contributed by atoms with van der Waals surface area (Å²) in [5.74, 6) is 0.844. The van der Waals surface area contributed by atoms with Crippen LogP contribution in [0.3, 0.4) is 0 Å². The smallest absolute Gasteiger partial charge is 0.103 e. The fourth-order valence-electron chi connectivity index (χ4n) is 2.80. The van der Waals surface area contributed by atoms with Gasteiger partial charge in [0.25, 0.3) is 0 Å². The molecule has 4 nitrogen and oxygen atoms in total. The normalized spacial score (nSPS) is 23.5. The van der Waals surface area contributed by atoms with Gasteiger partial charge in [-0.25, -0.2) is 0 Å². The van der Waals surface area contributed by atoms with Crippen LogP contribution in [0.5, 0.6) is 0 Å². The molecule has 19 heavy (non-hydrogen) atoms. The first-order valence-electron chi connectivity index (χ1n) is 7.46. The van der Waals surface area contributed by atoms with E-state index in [0.717, 1.165) is 25.3 Å². The number of nitrogens with zero attached hydrogens (tertiary/aromatic N) is 3. The van der Waals surface area contributed by atoms with E-state index in [4.69, 9.17) is 5.26 Å². The first-order valence-corrected chi connectivity index (χ1v) is 7.46. The number of hydrogen-bond acceptors (Lipinski definition) is 4. The van der Waals surface area contributed by atoms with Crippen molar-refractivity contribution in [1.29, 1.82) is 5.26 Å². The third-order valence-electron chi connectivity index (χ3n) is 4.32. The van der Waals surface area contributed by atoms with Gasteiger partial charge in [-0.2, -0.15) is 5.26 Å². The Balaban J connectivity index is 2.11. The molecule has 0 bridgehead atoms. The van der Waals surface area contributed by atoms with E-state index in [2.05, 4.69) is 35.3 Å². The molecule has 0 aromatic rings. The highest BCUT2D eigenvalue weighted by Crippen LogP contribution is 2.16. The summed E-state index contributed by atoms with van der Waals surface area (Å²) in [6.45, 7) is 6.83. The van der Waals surface area contributed by atoms with Crippen molar-refractivity contribution < 1.29 is 0 Å². The molecule has 0 aromatic carbocycles. The monoisotopic (exact) mass is 266 g/mol. The number of nitriles is 1. The Hall–Kier alpha value is -0.630. The quantitative estimate of drug-likeness (QED) is 0.677. The highest BCUT2D eigenvalue weighted by Gasteiger charge is 2.21. The predicted molar refractivity (Wildman–Crippen MR) is 80.0 cm³/mol. The zero-order valence-corrected chi connectivity index (χ0v) is 13.1. The molecule has 4 heteroatoms. The fraction of sp³-hybridized carbons (Fsp3) is 0.933. The second-order valence-corrected chi connectivity index (χ2v) is 6.33. The minimum Gasteiger partial charge on any atom is -0.306 e. The molecule has 0 aliphatic carbocycles. The summed E-state index contributed by atoms with van der Waals surface area (Å²) in [4.78, 5) is 4.87. The van der Waals surface area contributed by atoms with Crippen LogP contribution < -0.4 is 5.32 Å². The molecule has 2 atom stereocenters. The summed E-state index contributed by atoms with van der Waals surface area (Å²) >= 11 is 0. The zero-order chi connectivity index (χ0) is 14.3. The highest BCUT2D eigenvalue weighted by molar-refractivity contribution is 5.02. The summed E-state index contributed by atoms with van der Waals surface area (Å²) in [7, 11) is 6.30. The summed E-state index contributed by atoms with van der Waals surface area (Å²) in [6.07, 6.45) is 4.56. The van der Waals surface area contributed by atoms with Crippen LogP contribution in [0.4, 0.5) is 0 Å². The highest BCUT2D eigenvalue weighted by atomic mass is 15.1. The third kappa shape index (κ3) is 5.90. The number of unbranched alkanes of at least 4 members (excludes halogenated alkanes) is 1. The van der Waals surface area contributed by atoms with E-state index in [-0.39, 0.29) is 5.54 Å². The lowest BCUT2D eigenvalue weighted by Gasteiger charge is -2.23. The van der Waals surface area contributed by atoms with Crippen LogP contribution in [0.15, 0.2) is 0 Å². The van der Waals surface area contributed by atoms with Gasteiger partial charge in [-0.05, 0) is 72.8 Å². The molecule has 1 saturated heterocycles. The molecule has 1 heterocycles. The third-order valence-corrected chi connectivity index (χ3v) is 4.32. The lowest BCUT2D eigenvalue weighted by atomic mass is 9.97. The fourth-order valence-corrected chi connectivity index (χ4v) is 2.80. The number of hydrogen-bond donors (Lipinski definition) is 1. The Labute approximate surface area is 118 Å². The Morgan fingerprint density at radius 2 is 2.21 bits per heavy atom. The number of nitrogens with one attached hydrogen (secondary N) is 1. The molecule has 0 amide bonds. The minimum atomic E-state index is -0.354. The summed E-state index contributed by atoms with van der Waals surface area (Å²) in [5, 5.41) is 12.2. The SMILES string of the molecule is CNC(C)(C#N)CCCCN(C)CC1CCN(C)C1. The molecule has 1 N–H and O–H groups in total. The molecule has 1 rings (SSSR count). The van der Waals surface area contributed by atoms with E-state index in [1.54, 1.807) is 0 Å². The van der Waals surface area contributed by atoms with Gasteiger partial charge in [0.1, 0.15) is 5.54 Å². The van der Waals surface area contributed by atoms with E-state index in [9.17, 15) is 0 Å². The van der Waals surface area contributed by atoms with Crippen LogP contribution in [-0.4, -0.2) is 62.7 Å². The molecular weight excluding hydrogens is 236 g/mol. The van der Waals surface area contributed by atoms with Gasteiger partial charge in [-0.3, -0.25) is 0 Å². The van der Waals surface area contributed by atoms with Crippen LogP contribution >= 0.6 is 0 Å². The van der Waals surface area contributed by atoms with Crippen LogP contribution in [-0.2, 0) is 0 Å². The molecule has 1 fully saturated rings. The maximum absolute atomic E-state index is 9.08. The van der Waals surface area contributed by atoms with Gasteiger partial charge in [0.2, 0.25) is 0 Å². The molecule has 0 saturated carbocycles. The molecule has 2 unspecified atom stereocenters. The van der Waals surface area contributed by atoms with Crippen molar-refractivity contribution in [3.05, 3.63) is 0 Å². The van der Waals surface area contributed by atoms with Crippen molar-refractivity contribution in [2.75, 3.05) is 47.3 Å². The standard InChI is InChI=1S/C15H30N4/c1-15(13-16,17-2)8-5-6-9-18(3)11-14-7-10-19(4)12-14/h14,17H,5-12H2,1-4H3. The van der Waals surface area contributed by atoms with Crippen LogP contribution in [0.1, 0.15) is 32.6 Å². The Bertz CT molecular complexity index is 299. The number of likely N-dealkylation sites (tertiary alicyclic amines) is 1. The van der Waals surface area contributed by atoms with E-state index >= 15 is 0 Å². The van der Waals surface area contributed by atoms with Gasteiger partial charge in [0, 0.05) is 13.1 Å². The van der Waals surface area contributed by atoms with Crippen molar-refractivity contribution in [2.24, 2.45) is 5.92 Å². The van der Waals surface area contributed by atoms with Crippen LogP contribution in [0.25, 0.3) is 0 Å². The second-order valence-electron chi connectivity index (χ2n) is 6.33. The van der Waals surface area contributed by atoms with E-state index in [0.29, 0.717) is 0 Å². The Morgan fingerprint density at radius 1 is 1.47 bits per heavy atom. The second kappa shape index (κ2) is 7.84. The summed E-state index contributed by atoms with van der Waals surface area (Å²) in [5.41, 5.74) is -0.354. The number of rotatable bonds is 8. The average Bonchev–Trinajstić information content (AvgIpc) is 2.80. The molecule has 0 aromatic heterocycles. The first kappa shape index (κ1) is 16.4. The van der Waals surface area contributed by atoms with Gasteiger partial charge in [-0.1, -0.05) is 0 Å². The molecule has 0 radical (unpaired) electrons. The largest absolute Gasteiger partial charge is 0.306 e. The Kier molecular flexibility index (Phi) is 6.78. The predicted octanol–water partition coefficient (Wildman–Crippen LogP) is 1.54. The van der Waals surface area contributed by atoms with E-state index < -0.39 is 0 Å². The maximum atomic E-state index is 9.08. The van der Waals surface area contributed by atoms with E-state index in [1.165, 1.54) is 32.5 Å². The van der Waals surface area contributed by atoms with Gasteiger partial charge >= 0.3 is 0 Å². The van der Waals surface area contributed by atoms with Crippen molar-refractivity contribution in [2.45, 2.75) is 38.1 Å². The molecule has 1 aliphatic heterocycles. The topological polar surface area (TPSA) is 42.3 Å². The summed E-state index contributed by atoms with van der Waals surface area (Å²) in [6, 6.07) is 2.35. The lowest BCUT2D eigenvalue weighted by molar-refractivity contribution is 0.265. The zero-order valence-electron chi connectivity index (χ0n) is 13.1. The first-order chi connectivity index (χ1) is 8.99. The van der Waals surface area contributed by atoms with Crippen molar-refractivity contribution in [3.8, 4) is 6.07 Å².